The lowest BCUT2D eigenvalue weighted by molar-refractivity contribution is 0.0722. The highest BCUT2D eigenvalue weighted by Gasteiger charge is 2.32. The van der Waals surface area contributed by atoms with E-state index in [4.69, 9.17) is 18.0 Å². The maximum atomic E-state index is 5.68. The Morgan fingerprint density at radius 1 is 1.44 bits per heavy atom. The van der Waals surface area contributed by atoms with Crippen LogP contribution in [0, 0.1) is 0 Å². The monoisotopic (exact) mass is 241 g/mol. The smallest absolute Gasteiger partial charge is 0.0743 e. The molecule has 2 unspecified atom stereocenters. The van der Waals surface area contributed by atoms with Crippen molar-refractivity contribution in [2.75, 3.05) is 26.2 Å². The molecule has 0 saturated carbocycles. The minimum absolute atomic E-state index is 0.570. The predicted molar refractivity (Wildman–Crippen MR) is 71.6 cm³/mol. The SMILES string of the molecule is CCC(CC(N)=S)N1CCN2CCCC2C1. The molecule has 16 heavy (non-hydrogen) atoms. The second kappa shape index (κ2) is 5.43. The Labute approximate surface area is 104 Å². The number of nitrogens with zero attached hydrogens (tertiary/aromatic N) is 2. The summed E-state index contributed by atoms with van der Waals surface area (Å²) in [6, 6.07) is 1.37. The van der Waals surface area contributed by atoms with Gasteiger partial charge in [-0.15, -0.1) is 0 Å². The molecular weight excluding hydrogens is 218 g/mol. The zero-order valence-electron chi connectivity index (χ0n) is 10.2. The molecule has 2 N–H and O–H groups in total. The average molecular weight is 241 g/mol. The first kappa shape index (κ1) is 12.3. The Morgan fingerprint density at radius 2 is 2.25 bits per heavy atom. The van der Waals surface area contributed by atoms with Crippen LogP contribution in [0.4, 0.5) is 0 Å². The van der Waals surface area contributed by atoms with Gasteiger partial charge in [0.05, 0.1) is 4.99 Å². The van der Waals surface area contributed by atoms with Crippen LogP contribution in [0.2, 0.25) is 0 Å². The van der Waals surface area contributed by atoms with E-state index in [1.165, 1.54) is 39.0 Å². The first-order valence-corrected chi connectivity index (χ1v) is 6.88. The molecule has 0 bridgehead atoms. The maximum Gasteiger partial charge on any atom is 0.0743 e. The minimum atomic E-state index is 0.570. The highest BCUT2D eigenvalue weighted by Crippen LogP contribution is 2.24. The quantitative estimate of drug-likeness (QED) is 0.750. The van der Waals surface area contributed by atoms with Crippen molar-refractivity contribution < 1.29 is 0 Å². The van der Waals surface area contributed by atoms with Crippen molar-refractivity contribution in [2.45, 2.75) is 44.7 Å². The van der Waals surface area contributed by atoms with Gasteiger partial charge in [0.1, 0.15) is 0 Å². The van der Waals surface area contributed by atoms with Gasteiger partial charge in [0.15, 0.2) is 0 Å². The van der Waals surface area contributed by atoms with Crippen LogP contribution in [0.25, 0.3) is 0 Å². The standard InChI is InChI=1S/C12H23N3S/c1-2-10(8-12(13)16)15-7-6-14-5-3-4-11(14)9-15/h10-11H,2-9H2,1H3,(H2,13,16). The van der Waals surface area contributed by atoms with Crippen LogP contribution in [0.5, 0.6) is 0 Å². The second-order valence-corrected chi connectivity index (χ2v) is 5.58. The molecule has 2 saturated heterocycles. The maximum absolute atomic E-state index is 5.68. The zero-order chi connectivity index (χ0) is 11.5. The molecule has 4 heteroatoms. The molecule has 2 aliphatic heterocycles. The Bertz CT molecular complexity index is 257. The molecule has 2 aliphatic rings. The van der Waals surface area contributed by atoms with E-state index in [0.29, 0.717) is 11.0 Å². The van der Waals surface area contributed by atoms with Gasteiger partial charge >= 0.3 is 0 Å². The summed E-state index contributed by atoms with van der Waals surface area (Å²) < 4.78 is 0. The summed E-state index contributed by atoms with van der Waals surface area (Å²) in [4.78, 5) is 5.91. The predicted octanol–water partition coefficient (Wildman–Crippen LogP) is 1.22. The molecule has 3 nitrogen and oxygen atoms in total. The van der Waals surface area contributed by atoms with E-state index in [2.05, 4.69) is 16.7 Å². The van der Waals surface area contributed by atoms with Crippen LogP contribution in [-0.2, 0) is 0 Å². The third kappa shape index (κ3) is 2.73. The highest BCUT2D eigenvalue weighted by molar-refractivity contribution is 7.80. The van der Waals surface area contributed by atoms with E-state index in [9.17, 15) is 0 Å². The second-order valence-electron chi connectivity index (χ2n) is 5.06. The van der Waals surface area contributed by atoms with Gasteiger partial charge in [-0.1, -0.05) is 19.1 Å². The molecule has 0 aliphatic carbocycles. The molecule has 2 heterocycles. The van der Waals surface area contributed by atoms with Crippen molar-refractivity contribution >= 4 is 17.2 Å². The molecule has 0 aromatic heterocycles. The number of nitrogens with two attached hydrogens (primary N) is 1. The number of fused-ring (bicyclic) bond motifs is 1. The Morgan fingerprint density at radius 3 is 2.94 bits per heavy atom. The van der Waals surface area contributed by atoms with Crippen LogP contribution < -0.4 is 5.73 Å². The summed E-state index contributed by atoms with van der Waals surface area (Å²) in [5, 5.41) is 0. The van der Waals surface area contributed by atoms with E-state index >= 15 is 0 Å². The molecule has 92 valence electrons. The zero-order valence-corrected chi connectivity index (χ0v) is 11.0. The van der Waals surface area contributed by atoms with Crippen LogP contribution in [0.15, 0.2) is 0 Å². The van der Waals surface area contributed by atoms with Gasteiger partial charge in [0.25, 0.3) is 0 Å². The van der Waals surface area contributed by atoms with Gasteiger partial charge in [0, 0.05) is 38.1 Å². The van der Waals surface area contributed by atoms with Gasteiger partial charge in [-0.2, -0.15) is 0 Å². The molecule has 2 rings (SSSR count). The lowest BCUT2D eigenvalue weighted by Crippen LogP contribution is -2.53. The molecule has 0 amide bonds. The molecule has 2 fully saturated rings. The van der Waals surface area contributed by atoms with Gasteiger partial charge in [-0.05, 0) is 25.8 Å². The topological polar surface area (TPSA) is 32.5 Å². The largest absolute Gasteiger partial charge is 0.393 e. The third-order valence-electron chi connectivity index (χ3n) is 4.04. The van der Waals surface area contributed by atoms with E-state index in [0.717, 1.165) is 18.9 Å². The highest BCUT2D eigenvalue weighted by atomic mass is 32.1. The molecule has 0 spiro atoms. The Balaban J connectivity index is 1.91. The fourth-order valence-corrected chi connectivity index (χ4v) is 3.30. The summed E-state index contributed by atoms with van der Waals surface area (Å²) in [6.45, 7) is 7.20. The number of rotatable bonds is 4. The van der Waals surface area contributed by atoms with Crippen LogP contribution in [-0.4, -0.2) is 53.1 Å². The van der Waals surface area contributed by atoms with Gasteiger partial charge < -0.3 is 5.73 Å². The van der Waals surface area contributed by atoms with Crippen molar-refractivity contribution in [2.24, 2.45) is 5.73 Å². The minimum Gasteiger partial charge on any atom is -0.393 e. The summed E-state index contributed by atoms with van der Waals surface area (Å²) in [7, 11) is 0. The van der Waals surface area contributed by atoms with Crippen molar-refractivity contribution in [3.63, 3.8) is 0 Å². The first-order valence-electron chi connectivity index (χ1n) is 6.47. The number of piperazine rings is 1. The summed E-state index contributed by atoms with van der Waals surface area (Å²) in [6.07, 6.45) is 4.80. The number of thiocarbonyl (C=S) groups is 1. The van der Waals surface area contributed by atoms with E-state index in [-0.39, 0.29) is 0 Å². The lowest BCUT2D eigenvalue weighted by atomic mass is 10.1. The van der Waals surface area contributed by atoms with E-state index in [1.807, 2.05) is 0 Å². The van der Waals surface area contributed by atoms with Gasteiger partial charge in [-0.25, -0.2) is 0 Å². The van der Waals surface area contributed by atoms with Gasteiger partial charge in [-0.3, -0.25) is 9.80 Å². The normalized spacial score (nSPS) is 28.9. The summed E-state index contributed by atoms with van der Waals surface area (Å²) in [5.74, 6) is 0. The van der Waals surface area contributed by atoms with Crippen LogP contribution in [0.1, 0.15) is 32.6 Å². The summed E-state index contributed by atoms with van der Waals surface area (Å²) in [5.41, 5.74) is 5.68. The van der Waals surface area contributed by atoms with Gasteiger partial charge in [0.2, 0.25) is 0 Å². The van der Waals surface area contributed by atoms with Crippen molar-refractivity contribution in [3.05, 3.63) is 0 Å². The van der Waals surface area contributed by atoms with Crippen molar-refractivity contribution in [1.82, 2.24) is 9.80 Å². The van der Waals surface area contributed by atoms with Crippen molar-refractivity contribution in [1.29, 1.82) is 0 Å². The summed E-state index contributed by atoms with van der Waals surface area (Å²) >= 11 is 5.04. The molecule has 0 aromatic carbocycles. The fourth-order valence-electron chi connectivity index (χ4n) is 3.11. The van der Waals surface area contributed by atoms with Crippen LogP contribution in [0.3, 0.4) is 0 Å². The molecule has 0 radical (unpaired) electrons. The molecular formula is C12H23N3S. The average Bonchev–Trinajstić information content (AvgIpc) is 2.72. The van der Waals surface area contributed by atoms with Crippen LogP contribution >= 0.6 is 12.2 Å². The number of hydrogen-bond acceptors (Lipinski definition) is 3. The fraction of sp³-hybridized carbons (Fsp3) is 0.917. The number of hydrogen-bond donors (Lipinski definition) is 1. The Kier molecular flexibility index (Phi) is 4.16. The van der Waals surface area contributed by atoms with E-state index in [1.54, 1.807) is 0 Å². The Hall–Kier alpha value is -0.190. The van der Waals surface area contributed by atoms with E-state index < -0.39 is 0 Å². The molecule has 2 atom stereocenters. The lowest BCUT2D eigenvalue weighted by Gasteiger charge is -2.41. The third-order valence-corrected chi connectivity index (χ3v) is 4.21. The van der Waals surface area contributed by atoms with Crippen molar-refractivity contribution in [3.8, 4) is 0 Å². The first-order chi connectivity index (χ1) is 7.70. The molecule has 0 aromatic rings.